The minimum atomic E-state index is -6.65. The lowest BCUT2D eigenvalue weighted by atomic mass is 9.89. The molecular formula is C18H22F10O8S. The van der Waals surface area contributed by atoms with Gasteiger partial charge < -0.3 is 14.2 Å². The van der Waals surface area contributed by atoms with Crippen molar-refractivity contribution >= 4 is 22.1 Å². The van der Waals surface area contributed by atoms with Crippen LogP contribution in [-0.2, 0) is 33.9 Å². The molecule has 0 aromatic rings. The van der Waals surface area contributed by atoms with Crippen molar-refractivity contribution in [2.75, 3.05) is 13.2 Å². The quantitative estimate of drug-likeness (QED) is 0.114. The molecule has 0 aromatic carbocycles. The maximum Gasteiger partial charge on any atom is 0.468 e. The van der Waals surface area contributed by atoms with Crippen LogP contribution in [0.3, 0.4) is 0 Å². The molecule has 0 aromatic heterocycles. The molecule has 1 atom stereocenters. The predicted molar refractivity (Wildman–Crippen MR) is 99.7 cm³/mol. The first-order valence-corrected chi connectivity index (χ1v) is 11.9. The minimum absolute atomic E-state index is 0.0207. The molecule has 19 heteroatoms. The lowest BCUT2D eigenvalue weighted by Crippen LogP contribution is -2.59. The lowest BCUT2D eigenvalue weighted by molar-refractivity contribution is -0.357. The zero-order valence-corrected chi connectivity index (χ0v) is 19.5. The summed E-state index contributed by atoms with van der Waals surface area (Å²) in [6.07, 6.45) is -15.3. The molecule has 0 heterocycles. The van der Waals surface area contributed by atoms with Crippen molar-refractivity contribution in [1.82, 2.24) is 0 Å². The molecule has 8 nitrogen and oxygen atoms in total. The lowest BCUT2D eigenvalue weighted by Gasteiger charge is -2.34. The molecule has 1 saturated carbocycles. The van der Waals surface area contributed by atoms with Crippen LogP contribution in [0.2, 0.25) is 0 Å². The van der Waals surface area contributed by atoms with Crippen molar-refractivity contribution in [3.63, 3.8) is 0 Å². The Bertz CT molecular complexity index is 897. The van der Waals surface area contributed by atoms with Crippen LogP contribution in [0.5, 0.6) is 0 Å². The molecule has 1 N–H and O–H groups in total. The predicted octanol–water partition coefficient (Wildman–Crippen LogP) is 4.78. The highest BCUT2D eigenvalue weighted by Crippen LogP contribution is 2.42. The van der Waals surface area contributed by atoms with Gasteiger partial charge in [-0.15, -0.1) is 0 Å². The Kier molecular flexibility index (Phi) is 10.6. The van der Waals surface area contributed by atoms with Crippen molar-refractivity contribution in [2.24, 2.45) is 5.92 Å². The molecule has 0 bridgehead atoms. The summed E-state index contributed by atoms with van der Waals surface area (Å²) in [5.74, 6) is -15.8. The van der Waals surface area contributed by atoms with E-state index >= 15 is 0 Å². The SMILES string of the molecule is O=C(OC(OCCCC(F)(F)C(F)(F)S(=O)(=O)O)(C(=O)OCCC(F)(F)F)C(F)(F)F)C1CCCCC1. The van der Waals surface area contributed by atoms with Crippen LogP contribution in [-0.4, -0.2) is 67.4 Å². The highest BCUT2D eigenvalue weighted by atomic mass is 32.2. The van der Waals surface area contributed by atoms with Crippen molar-refractivity contribution in [3.05, 3.63) is 0 Å². The Morgan fingerprint density at radius 1 is 0.838 bits per heavy atom. The normalized spacial score (nSPS) is 18.2. The summed E-state index contributed by atoms with van der Waals surface area (Å²) < 4.78 is 174. The largest absolute Gasteiger partial charge is 0.468 e. The number of rotatable bonds is 12. The van der Waals surface area contributed by atoms with Crippen LogP contribution in [0.1, 0.15) is 51.4 Å². The van der Waals surface area contributed by atoms with Gasteiger partial charge in [0.1, 0.15) is 6.61 Å². The van der Waals surface area contributed by atoms with Crippen LogP contribution in [0.15, 0.2) is 0 Å². The third-order valence-electron chi connectivity index (χ3n) is 5.13. The van der Waals surface area contributed by atoms with Gasteiger partial charge in [0.25, 0.3) is 0 Å². The van der Waals surface area contributed by atoms with E-state index in [1.807, 2.05) is 0 Å². The number of carbonyl (C=O) groups is 2. The molecule has 1 unspecified atom stereocenters. The topological polar surface area (TPSA) is 116 Å². The van der Waals surface area contributed by atoms with Crippen LogP contribution in [0, 0.1) is 5.92 Å². The highest BCUT2D eigenvalue weighted by molar-refractivity contribution is 7.87. The van der Waals surface area contributed by atoms with E-state index in [1.165, 1.54) is 0 Å². The second kappa shape index (κ2) is 11.9. The van der Waals surface area contributed by atoms with Gasteiger partial charge in [-0.05, 0) is 19.3 Å². The Hall–Kier alpha value is -1.89. The number of hydrogen-bond donors (Lipinski definition) is 1. The average molecular weight is 588 g/mol. The maximum absolute atomic E-state index is 13.9. The fraction of sp³-hybridized carbons (Fsp3) is 0.889. The highest BCUT2D eigenvalue weighted by Gasteiger charge is 2.68. The van der Waals surface area contributed by atoms with Gasteiger partial charge in [-0.2, -0.15) is 52.3 Å². The summed E-state index contributed by atoms with van der Waals surface area (Å²) in [5, 5.41) is -6.05. The van der Waals surface area contributed by atoms with E-state index in [-0.39, 0.29) is 12.8 Å². The molecule has 1 aliphatic carbocycles. The summed E-state index contributed by atoms with van der Waals surface area (Å²) in [6.45, 7) is -3.40. The first-order valence-electron chi connectivity index (χ1n) is 10.5. The fourth-order valence-corrected chi connectivity index (χ4v) is 3.63. The molecule has 37 heavy (non-hydrogen) atoms. The molecule has 0 aliphatic heterocycles. The van der Waals surface area contributed by atoms with Crippen molar-refractivity contribution in [1.29, 1.82) is 0 Å². The van der Waals surface area contributed by atoms with Gasteiger partial charge in [0.15, 0.2) is 0 Å². The standard InChI is InChI=1S/C18H22F10O8S/c19-14(20,18(27,28)37(31,32)33)7-4-9-35-16(17(24,25)26,13(30)34-10-8-15(21,22)23)36-12(29)11-5-2-1-3-6-11/h11H,1-10H2,(H,31,32,33). The van der Waals surface area contributed by atoms with Crippen molar-refractivity contribution in [3.8, 4) is 0 Å². The summed E-state index contributed by atoms with van der Waals surface area (Å²) in [5.41, 5.74) is 0. The third-order valence-corrected chi connectivity index (χ3v) is 6.08. The van der Waals surface area contributed by atoms with Gasteiger partial charge in [0.05, 0.1) is 18.9 Å². The third kappa shape index (κ3) is 8.56. The molecule has 1 fully saturated rings. The number of esters is 2. The van der Waals surface area contributed by atoms with E-state index < -0.39 is 89.8 Å². The summed E-state index contributed by atoms with van der Waals surface area (Å²) >= 11 is 0. The van der Waals surface area contributed by atoms with E-state index in [0.29, 0.717) is 19.3 Å². The van der Waals surface area contributed by atoms with Gasteiger partial charge >= 0.3 is 51.4 Å². The first-order chi connectivity index (χ1) is 16.6. The molecular weight excluding hydrogens is 566 g/mol. The second-order valence-corrected chi connectivity index (χ2v) is 9.48. The Morgan fingerprint density at radius 3 is 1.84 bits per heavy atom. The molecule has 0 amide bonds. The number of halogens is 10. The van der Waals surface area contributed by atoms with Gasteiger partial charge in [-0.1, -0.05) is 19.3 Å². The van der Waals surface area contributed by atoms with E-state index in [2.05, 4.69) is 14.2 Å². The van der Waals surface area contributed by atoms with Crippen LogP contribution in [0.4, 0.5) is 43.9 Å². The molecule has 0 radical (unpaired) electrons. The smallest absolute Gasteiger partial charge is 0.460 e. The second-order valence-electron chi connectivity index (χ2n) is 8.02. The molecule has 1 aliphatic rings. The number of carbonyl (C=O) groups excluding carboxylic acids is 2. The average Bonchev–Trinajstić information content (AvgIpc) is 2.73. The zero-order valence-electron chi connectivity index (χ0n) is 18.6. The number of alkyl halides is 10. The first kappa shape index (κ1) is 33.1. The molecule has 0 saturated heterocycles. The van der Waals surface area contributed by atoms with E-state index in [4.69, 9.17) is 4.55 Å². The van der Waals surface area contributed by atoms with E-state index in [1.54, 1.807) is 0 Å². The molecule has 1 rings (SSSR count). The minimum Gasteiger partial charge on any atom is -0.460 e. The number of hydrogen-bond acceptors (Lipinski definition) is 7. The Morgan fingerprint density at radius 2 is 1.38 bits per heavy atom. The van der Waals surface area contributed by atoms with Crippen molar-refractivity contribution in [2.45, 2.75) is 80.7 Å². The fourth-order valence-electron chi connectivity index (χ4n) is 3.15. The van der Waals surface area contributed by atoms with Crippen LogP contribution >= 0.6 is 0 Å². The van der Waals surface area contributed by atoms with Crippen molar-refractivity contribution < 1.29 is 80.7 Å². The summed E-state index contributed by atoms with van der Waals surface area (Å²) in [4.78, 5) is 24.5. The van der Waals surface area contributed by atoms with Crippen LogP contribution < -0.4 is 0 Å². The van der Waals surface area contributed by atoms with Gasteiger partial charge in [0, 0.05) is 6.42 Å². The van der Waals surface area contributed by atoms with E-state index in [9.17, 15) is 61.9 Å². The maximum atomic E-state index is 13.9. The van der Waals surface area contributed by atoms with Gasteiger partial charge in [0.2, 0.25) is 0 Å². The summed E-state index contributed by atoms with van der Waals surface area (Å²) in [7, 11) is -6.65. The zero-order chi connectivity index (χ0) is 28.9. The number of ether oxygens (including phenoxy) is 3. The van der Waals surface area contributed by atoms with Gasteiger partial charge in [-0.3, -0.25) is 9.35 Å². The molecule has 218 valence electrons. The van der Waals surface area contributed by atoms with Crippen LogP contribution in [0.25, 0.3) is 0 Å². The summed E-state index contributed by atoms with van der Waals surface area (Å²) in [6, 6.07) is 0. The monoisotopic (exact) mass is 588 g/mol. The Labute approximate surface area is 203 Å². The Balaban J connectivity index is 3.16. The van der Waals surface area contributed by atoms with Gasteiger partial charge in [-0.25, -0.2) is 4.79 Å². The molecule has 0 spiro atoms. The van der Waals surface area contributed by atoms with E-state index in [0.717, 1.165) is 0 Å².